The Bertz CT molecular complexity index is 956. The standard InChI is InChI=1S/C20H22F2N4O/c1-12-5-3-7-15(23-12)11-26-8-4-6-14(10-26)17-9-16(19(21)22)18-13(2)25-27-20(18)24-17/h3,5,7,9,14,19H,4,6,8,10-11H2,1-2H3/t14-/m1/s1. The second kappa shape index (κ2) is 7.31. The van der Waals surface area contributed by atoms with E-state index in [1.165, 1.54) is 6.07 Å². The van der Waals surface area contributed by atoms with Crippen LogP contribution in [0.5, 0.6) is 0 Å². The molecule has 1 aliphatic heterocycles. The maximum absolute atomic E-state index is 13.6. The number of hydrogen-bond donors (Lipinski definition) is 0. The fourth-order valence-corrected chi connectivity index (χ4v) is 3.89. The van der Waals surface area contributed by atoms with Crippen molar-refractivity contribution in [2.24, 2.45) is 0 Å². The SMILES string of the molecule is Cc1cccc(CN2CCC[C@@H](c3cc(C(F)F)c4c(C)noc4n3)C2)n1. The number of aryl methyl sites for hydroxylation is 2. The monoisotopic (exact) mass is 372 g/mol. The van der Waals surface area contributed by atoms with Crippen LogP contribution in [0.3, 0.4) is 0 Å². The Morgan fingerprint density at radius 2 is 2.11 bits per heavy atom. The molecular formula is C20H22F2N4O. The number of halogens is 2. The van der Waals surface area contributed by atoms with E-state index >= 15 is 0 Å². The van der Waals surface area contributed by atoms with Crippen molar-refractivity contribution in [1.29, 1.82) is 0 Å². The molecule has 0 unspecified atom stereocenters. The number of alkyl halides is 2. The van der Waals surface area contributed by atoms with Gasteiger partial charge in [-0.1, -0.05) is 11.2 Å². The average Bonchev–Trinajstić information content (AvgIpc) is 3.02. The molecule has 0 spiro atoms. The van der Waals surface area contributed by atoms with Crippen molar-refractivity contribution in [2.75, 3.05) is 13.1 Å². The summed E-state index contributed by atoms with van der Waals surface area (Å²) in [6, 6.07) is 7.55. The van der Waals surface area contributed by atoms with Crippen LogP contribution in [0.2, 0.25) is 0 Å². The lowest BCUT2D eigenvalue weighted by molar-refractivity contribution is 0.152. The summed E-state index contributed by atoms with van der Waals surface area (Å²) in [5, 5.41) is 4.15. The van der Waals surface area contributed by atoms with Crippen LogP contribution >= 0.6 is 0 Å². The largest absolute Gasteiger partial charge is 0.336 e. The van der Waals surface area contributed by atoms with E-state index in [0.29, 0.717) is 16.8 Å². The molecule has 142 valence electrons. The summed E-state index contributed by atoms with van der Waals surface area (Å²) in [4.78, 5) is 11.4. The Morgan fingerprint density at radius 3 is 2.89 bits per heavy atom. The van der Waals surface area contributed by atoms with Crippen LogP contribution in [0.25, 0.3) is 11.1 Å². The van der Waals surface area contributed by atoms with E-state index in [4.69, 9.17) is 4.52 Å². The van der Waals surface area contributed by atoms with E-state index in [1.54, 1.807) is 6.92 Å². The second-order valence-corrected chi connectivity index (χ2v) is 7.23. The predicted octanol–water partition coefficient (Wildman–Crippen LogP) is 4.55. The fourth-order valence-electron chi connectivity index (χ4n) is 3.89. The predicted molar refractivity (Wildman–Crippen MR) is 97.7 cm³/mol. The van der Waals surface area contributed by atoms with Gasteiger partial charge in [-0.25, -0.2) is 13.8 Å². The lowest BCUT2D eigenvalue weighted by Crippen LogP contribution is -2.34. The third kappa shape index (κ3) is 3.69. The Hall–Kier alpha value is -2.41. The molecular weight excluding hydrogens is 350 g/mol. The van der Waals surface area contributed by atoms with Crippen LogP contribution in [0, 0.1) is 13.8 Å². The van der Waals surface area contributed by atoms with E-state index < -0.39 is 6.43 Å². The van der Waals surface area contributed by atoms with Crippen LogP contribution in [0.4, 0.5) is 8.78 Å². The Balaban J connectivity index is 1.59. The molecule has 1 fully saturated rings. The molecule has 1 aliphatic rings. The zero-order valence-electron chi connectivity index (χ0n) is 15.5. The van der Waals surface area contributed by atoms with E-state index in [1.807, 2.05) is 25.1 Å². The van der Waals surface area contributed by atoms with Crippen molar-refractivity contribution < 1.29 is 13.3 Å². The van der Waals surface area contributed by atoms with Gasteiger partial charge in [0.1, 0.15) is 0 Å². The molecule has 0 aliphatic carbocycles. The van der Waals surface area contributed by atoms with Crippen LogP contribution in [-0.2, 0) is 6.54 Å². The third-order valence-corrected chi connectivity index (χ3v) is 5.16. The van der Waals surface area contributed by atoms with E-state index in [9.17, 15) is 8.78 Å². The molecule has 1 atom stereocenters. The molecule has 4 heterocycles. The van der Waals surface area contributed by atoms with Crippen molar-refractivity contribution in [1.82, 2.24) is 20.0 Å². The van der Waals surface area contributed by atoms with Crippen molar-refractivity contribution in [3.63, 3.8) is 0 Å². The van der Waals surface area contributed by atoms with Crippen LogP contribution in [-0.4, -0.2) is 33.1 Å². The number of nitrogens with zero attached hydrogens (tertiary/aromatic N) is 4. The molecule has 5 nitrogen and oxygen atoms in total. The summed E-state index contributed by atoms with van der Waals surface area (Å²) in [7, 11) is 0. The molecule has 7 heteroatoms. The summed E-state index contributed by atoms with van der Waals surface area (Å²) < 4.78 is 32.4. The second-order valence-electron chi connectivity index (χ2n) is 7.23. The van der Waals surface area contributed by atoms with Crippen LogP contribution in [0.1, 0.15) is 53.5 Å². The summed E-state index contributed by atoms with van der Waals surface area (Å²) in [5.41, 5.74) is 3.31. The number of aromatic nitrogens is 3. The minimum absolute atomic E-state index is 0.0359. The molecule has 1 saturated heterocycles. The van der Waals surface area contributed by atoms with Gasteiger partial charge in [0.2, 0.25) is 0 Å². The van der Waals surface area contributed by atoms with Gasteiger partial charge in [-0.15, -0.1) is 0 Å². The number of fused-ring (bicyclic) bond motifs is 1. The zero-order chi connectivity index (χ0) is 19.0. The summed E-state index contributed by atoms with van der Waals surface area (Å²) in [5.74, 6) is 0.0934. The van der Waals surface area contributed by atoms with Crippen LogP contribution in [0.15, 0.2) is 28.8 Å². The molecule has 3 aromatic heterocycles. The van der Waals surface area contributed by atoms with Gasteiger partial charge in [0, 0.05) is 36.0 Å². The highest BCUT2D eigenvalue weighted by atomic mass is 19.3. The van der Waals surface area contributed by atoms with Gasteiger partial charge in [0.15, 0.2) is 0 Å². The molecule has 0 bridgehead atoms. The first-order chi connectivity index (χ1) is 13.0. The summed E-state index contributed by atoms with van der Waals surface area (Å²) in [6.45, 7) is 6.13. The van der Waals surface area contributed by atoms with Gasteiger partial charge in [0.25, 0.3) is 12.1 Å². The third-order valence-electron chi connectivity index (χ3n) is 5.16. The van der Waals surface area contributed by atoms with E-state index in [2.05, 4.69) is 20.0 Å². The number of hydrogen-bond acceptors (Lipinski definition) is 5. The molecule has 3 aromatic rings. The molecule has 27 heavy (non-hydrogen) atoms. The van der Waals surface area contributed by atoms with Gasteiger partial charge >= 0.3 is 0 Å². The first-order valence-electron chi connectivity index (χ1n) is 9.21. The molecule has 0 saturated carbocycles. The Labute approximate surface area is 156 Å². The average molecular weight is 372 g/mol. The lowest BCUT2D eigenvalue weighted by Gasteiger charge is -2.32. The maximum atomic E-state index is 13.6. The number of piperidine rings is 1. The van der Waals surface area contributed by atoms with Crippen LogP contribution < -0.4 is 0 Å². The lowest BCUT2D eigenvalue weighted by atomic mass is 9.92. The first-order valence-corrected chi connectivity index (χ1v) is 9.21. The molecule has 0 amide bonds. The topological polar surface area (TPSA) is 55.1 Å². The number of likely N-dealkylation sites (tertiary alicyclic amines) is 1. The Morgan fingerprint density at radius 1 is 1.26 bits per heavy atom. The van der Waals surface area contributed by atoms with Gasteiger partial charge in [0.05, 0.1) is 16.8 Å². The van der Waals surface area contributed by atoms with Gasteiger partial charge < -0.3 is 4.52 Å². The van der Waals surface area contributed by atoms with E-state index in [0.717, 1.165) is 43.9 Å². The number of pyridine rings is 2. The molecule has 0 aromatic carbocycles. The zero-order valence-corrected chi connectivity index (χ0v) is 15.5. The normalized spacial score (nSPS) is 18.5. The highest BCUT2D eigenvalue weighted by molar-refractivity contribution is 5.80. The first kappa shape index (κ1) is 18.0. The molecule has 4 rings (SSSR count). The quantitative estimate of drug-likeness (QED) is 0.672. The highest BCUT2D eigenvalue weighted by Crippen LogP contribution is 2.34. The van der Waals surface area contributed by atoms with Crippen molar-refractivity contribution >= 4 is 11.1 Å². The summed E-state index contributed by atoms with van der Waals surface area (Å²) in [6.07, 6.45) is -0.662. The molecule has 0 radical (unpaired) electrons. The van der Waals surface area contributed by atoms with Gasteiger partial charge in [-0.05, 0) is 51.4 Å². The molecule has 0 N–H and O–H groups in total. The van der Waals surface area contributed by atoms with Gasteiger partial charge in [-0.3, -0.25) is 9.88 Å². The van der Waals surface area contributed by atoms with E-state index in [-0.39, 0.29) is 17.2 Å². The smallest absolute Gasteiger partial charge is 0.264 e. The number of rotatable bonds is 4. The fraction of sp³-hybridized carbons (Fsp3) is 0.450. The minimum Gasteiger partial charge on any atom is -0.336 e. The van der Waals surface area contributed by atoms with Crippen molar-refractivity contribution in [3.8, 4) is 0 Å². The van der Waals surface area contributed by atoms with Gasteiger partial charge in [-0.2, -0.15) is 0 Å². The highest BCUT2D eigenvalue weighted by Gasteiger charge is 2.26. The van der Waals surface area contributed by atoms with Crippen molar-refractivity contribution in [3.05, 3.63) is 52.6 Å². The minimum atomic E-state index is -2.58. The Kier molecular flexibility index (Phi) is 4.86. The maximum Gasteiger partial charge on any atom is 0.264 e. The van der Waals surface area contributed by atoms with Crippen molar-refractivity contribution in [2.45, 2.75) is 45.6 Å². The summed E-state index contributed by atoms with van der Waals surface area (Å²) >= 11 is 0.